The molecule has 0 spiro atoms. The van der Waals surface area contributed by atoms with Crippen LogP contribution in [0.2, 0.25) is 0 Å². The van der Waals surface area contributed by atoms with Crippen LogP contribution in [0.1, 0.15) is 16.8 Å². The summed E-state index contributed by atoms with van der Waals surface area (Å²) in [5.41, 5.74) is 0.476. The van der Waals surface area contributed by atoms with Gasteiger partial charge in [-0.15, -0.1) is 12.6 Å². The van der Waals surface area contributed by atoms with E-state index < -0.39 is 0 Å². The van der Waals surface area contributed by atoms with E-state index in [2.05, 4.69) is 28.6 Å². The first kappa shape index (κ1) is 13.5. The smallest absolute Gasteiger partial charge is 0.339 e. The number of esters is 1. The number of benzene rings is 1. The van der Waals surface area contributed by atoms with Gasteiger partial charge in [0.15, 0.2) is 0 Å². The molecule has 0 unspecified atom stereocenters. The Kier molecular flexibility index (Phi) is 5.87. The minimum absolute atomic E-state index is 0.353. The van der Waals surface area contributed by atoms with Crippen molar-refractivity contribution in [3.8, 4) is 0 Å². The van der Waals surface area contributed by atoms with Crippen LogP contribution in [0.15, 0.2) is 27.6 Å². The Morgan fingerprint density at radius 2 is 2.19 bits per heavy atom. The van der Waals surface area contributed by atoms with Gasteiger partial charge in [0.2, 0.25) is 0 Å². The van der Waals surface area contributed by atoms with Gasteiger partial charge in [-0.2, -0.15) is 0 Å². The summed E-state index contributed by atoms with van der Waals surface area (Å²) < 4.78 is 10.8. The van der Waals surface area contributed by atoms with Crippen molar-refractivity contribution in [2.45, 2.75) is 11.3 Å². The zero-order valence-corrected chi connectivity index (χ0v) is 11.4. The van der Waals surface area contributed by atoms with Crippen molar-refractivity contribution in [1.29, 1.82) is 0 Å². The van der Waals surface area contributed by atoms with Gasteiger partial charge in [-0.1, -0.05) is 15.9 Å². The van der Waals surface area contributed by atoms with Crippen LogP contribution < -0.4 is 0 Å². The van der Waals surface area contributed by atoms with Gasteiger partial charge in [0.05, 0.1) is 12.2 Å². The molecule has 1 aromatic carbocycles. The molecule has 1 rings (SSSR count). The van der Waals surface area contributed by atoms with E-state index >= 15 is 0 Å². The average Bonchev–Trinajstić information content (AvgIpc) is 2.24. The van der Waals surface area contributed by atoms with Crippen LogP contribution in [0.5, 0.6) is 0 Å². The summed E-state index contributed by atoms with van der Waals surface area (Å²) in [6, 6.07) is 5.23. The van der Waals surface area contributed by atoms with E-state index in [0.29, 0.717) is 30.1 Å². The van der Waals surface area contributed by atoms with Gasteiger partial charge in [-0.3, -0.25) is 0 Å². The molecule has 0 heterocycles. The second-order valence-electron chi connectivity index (χ2n) is 3.14. The number of thiol groups is 1. The van der Waals surface area contributed by atoms with Crippen LogP contribution in [0.3, 0.4) is 0 Å². The molecule has 0 radical (unpaired) electrons. The molecule has 16 heavy (non-hydrogen) atoms. The largest absolute Gasteiger partial charge is 0.462 e. The highest BCUT2D eigenvalue weighted by molar-refractivity contribution is 9.10. The topological polar surface area (TPSA) is 35.5 Å². The van der Waals surface area contributed by atoms with E-state index in [4.69, 9.17) is 9.47 Å². The molecule has 0 aliphatic carbocycles. The summed E-state index contributed by atoms with van der Waals surface area (Å²) >= 11 is 7.52. The standard InChI is InChI=1S/C11H13BrO3S/c1-14-5-2-6-15-11(13)9-4-3-8(12)7-10(9)16/h3-4,7,16H,2,5-6H2,1H3. The Bertz CT molecular complexity index is 368. The van der Waals surface area contributed by atoms with Gasteiger partial charge in [-0.05, 0) is 18.2 Å². The van der Waals surface area contributed by atoms with Crippen molar-refractivity contribution >= 4 is 34.5 Å². The van der Waals surface area contributed by atoms with E-state index in [1.807, 2.05) is 0 Å². The van der Waals surface area contributed by atoms with Crippen molar-refractivity contribution < 1.29 is 14.3 Å². The zero-order chi connectivity index (χ0) is 12.0. The van der Waals surface area contributed by atoms with Gasteiger partial charge >= 0.3 is 5.97 Å². The lowest BCUT2D eigenvalue weighted by Crippen LogP contribution is -2.08. The van der Waals surface area contributed by atoms with Crippen LogP contribution in [-0.4, -0.2) is 26.3 Å². The number of hydrogen-bond donors (Lipinski definition) is 1. The van der Waals surface area contributed by atoms with Crippen molar-refractivity contribution in [3.63, 3.8) is 0 Å². The Morgan fingerprint density at radius 1 is 1.44 bits per heavy atom. The molecular weight excluding hydrogens is 292 g/mol. The van der Waals surface area contributed by atoms with Crippen LogP contribution in [0, 0.1) is 0 Å². The summed E-state index contributed by atoms with van der Waals surface area (Å²) in [6.07, 6.45) is 0.695. The summed E-state index contributed by atoms with van der Waals surface area (Å²) in [7, 11) is 1.61. The number of halogens is 1. The van der Waals surface area contributed by atoms with Crippen molar-refractivity contribution in [3.05, 3.63) is 28.2 Å². The molecule has 0 saturated heterocycles. The third kappa shape index (κ3) is 4.15. The normalized spacial score (nSPS) is 10.2. The van der Waals surface area contributed by atoms with Crippen LogP contribution in [0.25, 0.3) is 0 Å². The van der Waals surface area contributed by atoms with Gasteiger partial charge in [0.1, 0.15) is 0 Å². The van der Waals surface area contributed by atoms with Gasteiger partial charge in [-0.25, -0.2) is 4.79 Å². The lowest BCUT2D eigenvalue weighted by Gasteiger charge is -2.06. The lowest BCUT2D eigenvalue weighted by atomic mass is 10.2. The summed E-state index contributed by atoms with van der Waals surface area (Å²) in [6.45, 7) is 0.942. The molecule has 0 aliphatic rings. The zero-order valence-electron chi connectivity index (χ0n) is 8.90. The van der Waals surface area contributed by atoms with Gasteiger partial charge < -0.3 is 9.47 Å². The van der Waals surface area contributed by atoms with Gasteiger partial charge in [0, 0.05) is 29.5 Å². The van der Waals surface area contributed by atoms with E-state index in [0.717, 1.165) is 4.47 Å². The highest BCUT2D eigenvalue weighted by Gasteiger charge is 2.10. The number of carbonyl (C=O) groups excluding carboxylic acids is 1. The van der Waals surface area contributed by atoms with Crippen LogP contribution >= 0.6 is 28.6 Å². The molecule has 88 valence electrons. The maximum atomic E-state index is 11.6. The monoisotopic (exact) mass is 304 g/mol. The first-order valence-electron chi connectivity index (χ1n) is 4.79. The maximum absolute atomic E-state index is 11.6. The fourth-order valence-corrected chi connectivity index (χ4v) is 1.97. The fourth-order valence-electron chi connectivity index (χ4n) is 1.12. The lowest BCUT2D eigenvalue weighted by molar-refractivity contribution is 0.0464. The van der Waals surface area contributed by atoms with E-state index in [1.165, 1.54) is 0 Å². The Labute approximate surface area is 109 Å². The van der Waals surface area contributed by atoms with Crippen molar-refractivity contribution in [1.82, 2.24) is 0 Å². The number of rotatable bonds is 5. The first-order valence-corrected chi connectivity index (χ1v) is 6.03. The molecule has 0 bridgehead atoms. The Morgan fingerprint density at radius 3 is 2.81 bits per heavy atom. The molecule has 0 aliphatic heterocycles. The predicted molar refractivity (Wildman–Crippen MR) is 68.2 cm³/mol. The van der Waals surface area contributed by atoms with Gasteiger partial charge in [0.25, 0.3) is 0 Å². The van der Waals surface area contributed by atoms with E-state index in [-0.39, 0.29) is 5.97 Å². The number of carbonyl (C=O) groups is 1. The summed E-state index contributed by atoms with van der Waals surface area (Å²) in [5, 5.41) is 0. The minimum Gasteiger partial charge on any atom is -0.462 e. The average molecular weight is 305 g/mol. The molecule has 0 amide bonds. The van der Waals surface area contributed by atoms with E-state index in [1.54, 1.807) is 25.3 Å². The second kappa shape index (κ2) is 6.93. The van der Waals surface area contributed by atoms with Crippen LogP contribution in [0.4, 0.5) is 0 Å². The Balaban J connectivity index is 2.53. The SMILES string of the molecule is COCCCOC(=O)c1ccc(Br)cc1S. The minimum atomic E-state index is -0.353. The number of methoxy groups -OCH3 is 1. The predicted octanol–water partition coefficient (Wildman–Crippen LogP) is 2.93. The molecule has 0 N–H and O–H groups in total. The van der Waals surface area contributed by atoms with E-state index in [9.17, 15) is 4.79 Å². The molecule has 0 atom stereocenters. The fraction of sp³-hybridized carbons (Fsp3) is 0.364. The highest BCUT2D eigenvalue weighted by Crippen LogP contribution is 2.20. The third-order valence-electron chi connectivity index (χ3n) is 1.91. The molecule has 0 saturated carbocycles. The molecule has 3 nitrogen and oxygen atoms in total. The number of ether oxygens (including phenoxy) is 2. The van der Waals surface area contributed by atoms with Crippen LogP contribution in [-0.2, 0) is 9.47 Å². The molecule has 0 fully saturated rings. The molecule has 5 heteroatoms. The highest BCUT2D eigenvalue weighted by atomic mass is 79.9. The third-order valence-corrected chi connectivity index (χ3v) is 2.77. The molecule has 1 aromatic rings. The second-order valence-corrected chi connectivity index (χ2v) is 4.54. The maximum Gasteiger partial charge on any atom is 0.339 e. The molecular formula is C11H13BrO3S. The Hall–Kier alpha value is -0.520. The summed E-state index contributed by atoms with van der Waals surface area (Å²) in [4.78, 5) is 12.2. The number of hydrogen-bond acceptors (Lipinski definition) is 4. The summed E-state index contributed by atoms with van der Waals surface area (Å²) in [5.74, 6) is -0.353. The van der Waals surface area contributed by atoms with Crippen molar-refractivity contribution in [2.75, 3.05) is 20.3 Å². The first-order chi connectivity index (χ1) is 7.65. The molecule has 0 aromatic heterocycles. The quantitative estimate of drug-likeness (QED) is 0.516. The van der Waals surface area contributed by atoms with Crippen molar-refractivity contribution in [2.24, 2.45) is 0 Å².